The van der Waals surface area contributed by atoms with E-state index in [9.17, 15) is 0 Å². The summed E-state index contributed by atoms with van der Waals surface area (Å²) < 4.78 is 0. The molecule has 1 radical (unpaired) electrons. The van der Waals surface area contributed by atoms with Crippen LogP contribution in [0.25, 0.3) is 0 Å². The quantitative estimate of drug-likeness (QED) is 0.628. The molecule has 71 valence electrons. The first-order valence-electron chi connectivity index (χ1n) is 4.88. The Labute approximate surface area is 79.6 Å². The molecular weight excluding hydrogens is 162 g/mol. The highest BCUT2D eigenvalue weighted by Crippen LogP contribution is 2.06. The van der Waals surface area contributed by atoms with Crippen molar-refractivity contribution in [3.05, 3.63) is 24.9 Å². The van der Waals surface area contributed by atoms with Gasteiger partial charge >= 0.3 is 0 Å². The third kappa shape index (κ3) is 4.55. The van der Waals surface area contributed by atoms with Gasteiger partial charge in [0.1, 0.15) is 18.5 Å². The van der Waals surface area contributed by atoms with E-state index in [2.05, 4.69) is 28.3 Å². The molecule has 3 nitrogen and oxygen atoms in total. The van der Waals surface area contributed by atoms with Crippen molar-refractivity contribution in [2.75, 3.05) is 0 Å². The first-order valence-corrected chi connectivity index (χ1v) is 4.88. The Kier molecular flexibility index (Phi) is 5.06. The summed E-state index contributed by atoms with van der Waals surface area (Å²) in [5.41, 5.74) is 0. The van der Waals surface area contributed by atoms with E-state index < -0.39 is 0 Å². The maximum absolute atomic E-state index is 4.02. The summed E-state index contributed by atoms with van der Waals surface area (Å²) in [4.78, 5) is 11.8. The maximum atomic E-state index is 4.02. The molecule has 0 aliphatic carbocycles. The molecule has 1 aromatic rings. The lowest BCUT2D eigenvalue weighted by Crippen LogP contribution is -1.92. The van der Waals surface area contributed by atoms with Gasteiger partial charge in [-0.15, -0.1) is 0 Å². The lowest BCUT2D eigenvalue weighted by atomic mass is 10.1. The molecule has 3 heteroatoms. The third-order valence-corrected chi connectivity index (χ3v) is 1.90. The van der Waals surface area contributed by atoms with Gasteiger partial charge in [0.05, 0.1) is 0 Å². The van der Waals surface area contributed by atoms with Crippen molar-refractivity contribution in [2.24, 2.45) is 0 Å². The molecule has 1 rings (SSSR count). The zero-order valence-corrected chi connectivity index (χ0v) is 8.11. The normalized spacial score (nSPS) is 10.2. The molecule has 0 atom stereocenters. The van der Waals surface area contributed by atoms with Crippen LogP contribution in [0.15, 0.2) is 12.7 Å². The summed E-state index contributed by atoms with van der Waals surface area (Å²) in [6.45, 7) is 2.22. The minimum atomic E-state index is 0.798. The summed E-state index contributed by atoms with van der Waals surface area (Å²) in [5.74, 6) is 0.798. The predicted molar refractivity (Wildman–Crippen MR) is 52.0 cm³/mol. The van der Waals surface area contributed by atoms with Gasteiger partial charge in [-0.05, 0) is 6.42 Å². The van der Waals surface area contributed by atoms with Crippen LogP contribution in [0.5, 0.6) is 0 Å². The Morgan fingerprint density at radius 3 is 2.62 bits per heavy atom. The molecule has 0 N–H and O–H groups in total. The Bertz CT molecular complexity index is 211. The van der Waals surface area contributed by atoms with E-state index in [1.807, 2.05) is 0 Å². The molecule has 0 aromatic carbocycles. The smallest absolute Gasteiger partial charge is 0.135 e. The van der Waals surface area contributed by atoms with Gasteiger partial charge in [-0.3, -0.25) is 0 Å². The van der Waals surface area contributed by atoms with E-state index in [0.717, 1.165) is 12.2 Å². The Morgan fingerprint density at radius 1 is 1.15 bits per heavy atom. The van der Waals surface area contributed by atoms with Crippen molar-refractivity contribution >= 4 is 0 Å². The maximum Gasteiger partial charge on any atom is 0.135 e. The highest BCUT2D eigenvalue weighted by atomic mass is 15.0. The zero-order valence-electron chi connectivity index (χ0n) is 8.11. The second-order valence-corrected chi connectivity index (χ2v) is 3.05. The van der Waals surface area contributed by atoms with E-state index in [1.165, 1.54) is 38.3 Å². The van der Waals surface area contributed by atoms with Gasteiger partial charge < -0.3 is 0 Å². The average Bonchev–Trinajstić information content (AvgIpc) is 2.19. The molecule has 0 bridgehead atoms. The van der Waals surface area contributed by atoms with E-state index in [4.69, 9.17) is 0 Å². The van der Waals surface area contributed by atoms with E-state index >= 15 is 0 Å². The first kappa shape index (κ1) is 10.1. The van der Waals surface area contributed by atoms with Crippen LogP contribution >= 0.6 is 0 Å². The largest absolute Gasteiger partial charge is 0.225 e. The molecule has 0 saturated carbocycles. The number of hydrogen-bond acceptors (Lipinski definition) is 3. The van der Waals surface area contributed by atoms with Gasteiger partial charge in [-0.25, -0.2) is 15.0 Å². The number of rotatable bonds is 6. The Hall–Kier alpha value is -0.990. The van der Waals surface area contributed by atoms with Crippen LogP contribution < -0.4 is 0 Å². The van der Waals surface area contributed by atoms with Crippen molar-refractivity contribution in [2.45, 2.75) is 39.0 Å². The molecule has 0 amide bonds. The summed E-state index contributed by atoms with van der Waals surface area (Å²) in [6.07, 6.45) is 11.4. The van der Waals surface area contributed by atoms with Crippen molar-refractivity contribution in [3.63, 3.8) is 0 Å². The highest BCUT2D eigenvalue weighted by Gasteiger charge is 1.95. The lowest BCUT2D eigenvalue weighted by molar-refractivity contribution is 0.661. The molecule has 0 spiro atoms. The van der Waals surface area contributed by atoms with Crippen LogP contribution in [-0.4, -0.2) is 15.0 Å². The number of unbranched alkanes of at least 4 members (excludes halogenated alkanes) is 4. The summed E-state index contributed by atoms with van der Waals surface area (Å²) in [5, 5.41) is 0. The van der Waals surface area contributed by atoms with Crippen LogP contribution in [0.4, 0.5) is 0 Å². The van der Waals surface area contributed by atoms with Crippen LogP contribution in [0.1, 0.15) is 44.9 Å². The SMILES string of the molecule is CCCCCC[CH]c1ncncn1. The minimum absolute atomic E-state index is 0.798. The number of nitrogens with zero attached hydrogens (tertiary/aromatic N) is 3. The van der Waals surface area contributed by atoms with Gasteiger partial charge in [0.2, 0.25) is 0 Å². The van der Waals surface area contributed by atoms with E-state index in [1.54, 1.807) is 0 Å². The van der Waals surface area contributed by atoms with E-state index in [-0.39, 0.29) is 0 Å². The van der Waals surface area contributed by atoms with Gasteiger partial charge in [0, 0.05) is 6.42 Å². The first-order chi connectivity index (χ1) is 6.43. The fraction of sp³-hybridized carbons (Fsp3) is 0.600. The molecule has 0 aliphatic heterocycles. The van der Waals surface area contributed by atoms with Gasteiger partial charge in [-0.1, -0.05) is 32.6 Å². The van der Waals surface area contributed by atoms with Gasteiger partial charge in [0.25, 0.3) is 0 Å². The molecule has 0 aliphatic rings. The average molecular weight is 178 g/mol. The molecule has 1 aromatic heterocycles. The number of aromatic nitrogens is 3. The summed E-state index contributed by atoms with van der Waals surface area (Å²) in [6, 6.07) is 0. The molecule has 13 heavy (non-hydrogen) atoms. The monoisotopic (exact) mass is 178 g/mol. The number of hydrogen-bond donors (Lipinski definition) is 0. The van der Waals surface area contributed by atoms with Crippen molar-refractivity contribution in [3.8, 4) is 0 Å². The van der Waals surface area contributed by atoms with Crippen molar-refractivity contribution in [1.82, 2.24) is 15.0 Å². The molecular formula is C10H16N3. The lowest BCUT2D eigenvalue weighted by Gasteiger charge is -1.98. The highest BCUT2D eigenvalue weighted by molar-refractivity contribution is 4.96. The summed E-state index contributed by atoms with van der Waals surface area (Å²) in [7, 11) is 0. The van der Waals surface area contributed by atoms with Crippen molar-refractivity contribution in [1.29, 1.82) is 0 Å². The standard InChI is InChI=1S/C10H16N3/c1-2-3-4-5-6-7-10-12-8-11-9-13-10/h7-9H,2-6H2,1H3. The predicted octanol–water partition coefficient (Wildman–Crippen LogP) is 2.39. The fourth-order valence-corrected chi connectivity index (χ4v) is 1.16. The molecule has 0 unspecified atom stereocenters. The van der Waals surface area contributed by atoms with Crippen LogP contribution in [-0.2, 0) is 0 Å². The molecule has 1 heterocycles. The van der Waals surface area contributed by atoms with E-state index in [0.29, 0.717) is 0 Å². The van der Waals surface area contributed by atoms with Crippen molar-refractivity contribution < 1.29 is 0 Å². The van der Waals surface area contributed by atoms with Gasteiger partial charge in [0.15, 0.2) is 0 Å². The molecule has 0 fully saturated rings. The zero-order chi connectivity index (χ0) is 9.36. The van der Waals surface area contributed by atoms with Crippen LogP contribution in [0.3, 0.4) is 0 Å². The Balaban J connectivity index is 2.07. The summed E-state index contributed by atoms with van der Waals surface area (Å²) >= 11 is 0. The van der Waals surface area contributed by atoms with Crippen LogP contribution in [0.2, 0.25) is 0 Å². The fourth-order valence-electron chi connectivity index (χ4n) is 1.16. The Morgan fingerprint density at radius 2 is 1.92 bits per heavy atom. The minimum Gasteiger partial charge on any atom is -0.225 e. The molecule has 0 saturated heterocycles. The van der Waals surface area contributed by atoms with Gasteiger partial charge in [-0.2, -0.15) is 0 Å². The second kappa shape index (κ2) is 6.52. The van der Waals surface area contributed by atoms with Crippen LogP contribution in [0, 0.1) is 6.42 Å². The third-order valence-electron chi connectivity index (χ3n) is 1.90. The second-order valence-electron chi connectivity index (χ2n) is 3.05. The topological polar surface area (TPSA) is 38.7 Å².